The highest BCUT2D eigenvalue weighted by atomic mass is 35.5. The predicted octanol–water partition coefficient (Wildman–Crippen LogP) is 3.03. The molecule has 138 valence electrons. The molecule has 0 aliphatic rings. The Morgan fingerprint density at radius 2 is 1.89 bits per heavy atom. The Kier molecular flexibility index (Phi) is 5.42. The Morgan fingerprint density at radius 3 is 2.56 bits per heavy atom. The van der Waals surface area contributed by atoms with Crippen molar-refractivity contribution in [2.45, 2.75) is 6.92 Å². The summed E-state index contributed by atoms with van der Waals surface area (Å²) in [5, 5.41) is 10.7. The van der Waals surface area contributed by atoms with E-state index in [1.54, 1.807) is 48.5 Å². The number of hydrogen-bond donors (Lipinski definition) is 2. The summed E-state index contributed by atoms with van der Waals surface area (Å²) in [4.78, 5) is 30.6. The second-order valence-electron chi connectivity index (χ2n) is 5.47. The number of rotatable bonds is 5. The van der Waals surface area contributed by atoms with E-state index in [4.69, 9.17) is 16.3 Å². The minimum absolute atomic E-state index is 0.164. The average molecular weight is 386 g/mol. The van der Waals surface area contributed by atoms with Crippen molar-refractivity contribution in [3.63, 3.8) is 0 Å². The van der Waals surface area contributed by atoms with Crippen LogP contribution in [0.4, 0.5) is 5.69 Å². The van der Waals surface area contributed by atoms with Crippen molar-refractivity contribution in [2.24, 2.45) is 4.99 Å². The van der Waals surface area contributed by atoms with Gasteiger partial charge >= 0.3 is 5.69 Å². The fraction of sp³-hybridized carbons (Fsp3) is 0.105. The fourth-order valence-corrected chi connectivity index (χ4v) is 2.67. The maximum atomic E-state index is 12.2. The van der Waals surface area contributed by atoms with Gasteiger partial charge in [-0.2, -0.15) is 0 Å². The van der Waals surface area contributed by atoms with Crippen molar-refractivity contribution in [3.8, 4) is 17.3 Å². The summed E-state index contributed by atoms with van der Waals surface area (Å²) in [6.45, 7) is 2.44. The van der Waals surface area contributed by atoms with Gasteiger partial charge in [-0.15, -0.1) is 0 Å². The van der Waals surface area contributed by atoms with Crippen LogP contribution >= 0.6 is 11.6 Å². The molecular formula is C19H16ClN3O4. The molecule has 7 nitrogen and oxygen atoms in total. The van der Waals surface area contributed by atoms with E-state index in [0.29, 0.717) is 18.0 Å². The molecule has 0 unspecified atom stereocenters. The van der Waals surface area contributed by atoms with Crippen LogP contribution in [0.1, 0.15) is 12.5 Å². The predicted molar refractivity (Wildman–Crippen MR) is 104 cm³/mol. The topological polar surface area (TPSA) is 96.7 Å². The molecule has 2 N–H and O–H groups in total. The lowest BCUT2D eigenvalue weighted by atomic mass is 10.2. The van der Waals surface area contributed by atoms with Gasteiger partial charge in [0.25, 0.3) is 5.56 Å². The summed E-state index contributed by atoms with van der Waals surface area (Å²) in [6, 6.07) is 13.4. The maximum absolute atomic E-state index is 12.2. The van der Waals surface area contributed by atoms with Crippen molar-refractivity contribution in [1.82, 2.24) is 9.55 Å². The number of aliphatic imine (C=N–C) groups is 1. The molecule has 1 aromatic heterocycles. The minimum atomic E-state index is -0.802. The highest BCUT2D eigenvalue weighted by Crippen LogP contribution is 2.23. The van der Waals surface area contributed by atoms with Gasteiger partial charge < -0.3 is 9.84 Å². The molecule has 8 heteroatoms. The van der Waals surface area contributed by atoms with Crippen LogP contribution in [-0.2, 0) is 0 Å². The van der Waals surface area contributed by atoms with Crippen LogP contribution in [0.25, 0.3) is 5.69 Å². The summed E-state index contributed by atoms with van der Waals surface area (Å²) in [6.07, 6.45) is 1.19. The van der Waals surface area contributed by atoms with Gasteiger partial charge in [-0.05, 0) is 43.3 Å². The lowest BCUT2D eigenvalue weighted by molar-refractivity contribution is 0.340. The van der Waals surface area contributed by atoms with E-state index in [9.17, 15) is 14.7 Å². The van der Waals surface area contributed by atoms with Crippen molar-refractivity contribution in [1.29, 1.82) is 0 Å². The van der Waals surface area contributed by atoms with Crippen LogP contribution in [0.5, 0.6) is 11.6 Å². The van der Waals surface area contributed by atoms with Crippen LogP contribution in [0.3, 0.4) is 0 Å². The third-order valence-corrected chi connectivity index (χ3v) is 4.02. The average Bonchev–Trinajstić information content (AvgIpc) is 2.64. The number of nitrogens with one attached hydrogen (secondary N) is 1. The number of H-pyrrole nitrogens is 1. The van der Waals surface area contributed by atoms with E-state index >= 15 is 0 Å². The van der Waals surface area contributed by atoms with E-state index < -0.39 is 17.1 Å². The molecule has 0 bridgehead atoms. The van der Waals surface area contributed by atoms with E-state index in [1.165, 1.54) is 6.21 Å². The molecule has 0 radical (unpaired) electrons. The summed E-state index contributed by atoms with van der Waals surface area (Å²) in [5.74, 6) is 0.149. The van der Waals surface area contributed by atoms with Gasteiger partial charge in [0.2, 0.25) is 5.88 Å². The van der Waals surface area contributed by atoms with Gasteiger partial charge in [0.1, 0.15) is 11.3 Å². The number of ether oxygens (including phenoxy) is 1. The number of hydrogen-bond acceptors (Lipinski definition) is 5. The molecule has 0 fully saturated rings. The second kappa shape index (κ2) is 7.92. The lowest BCUT2D eigenvalue weighted by Crippen LogP contribution is -2.31. The minimum Gasteiger partial charge on any atom is -0.494 e. The molecule has 0 aliphatic heterocycles. The van der Waals surface area contributed by atoms with E-state index in [0.717, 1.165) is 4.57 Å². The zero-order valence-electron chi connectivity index (χ0n) is 14.3. The molecule has 3 rings (SSSR count). The summed E-state index contributed by atoms with van der Waals surface area (Å²) < 4.78 is 6.27. The first-order valence-electron chi connectivity index (χ1n) is 8.11. The van der Waals surface area contributed by atoms with Gasteiger partial charge in [0.15, 0.2) is 0 Å². The summed E-state index contributed by atoms with van der Waals surface area (Å²) in [5.41, 5.74) is -0.927. The lowest BCUT2D eigenvalue weighted by Gasteiger charge is -2.10. The molecule has 1 heterocycles. The SMILES string of the molecule is CCOc1ccc(N=Cc2c(O)n(-c3ccccc3Cl)c(=O)[nH]c2=O)cc1. The van der Waals surface area contributed by atoms with Crippen LogP contribution < -0.4 is 16.0 Å². The largest absolute Gasteiger partial charge is 0.494 e. The van der Waals surface area contributed by atoms with E-state index in [-0.39, 0.29) is 16.3 Å². The van der Waals surface area contributed by atoms with Gasteiger partial charge in [-0.1, -0.05) is 23.7 Å². The van der Waals surface area contributed by atoms with Crippen molar-refractivity contribution in [3.05, 3.63) is 80.0 Å². The van der Waals surface area contributed by atoms with Gasteiger partial charge in [-0.25, -0.2) is 9.36 Å². The highest BCUT2D eigenvalue weighted by Gasteiger charge is 2.15. The number of nitrogens with zero attached hydrogens (tertiary/aromatic N) is 2. The number of aromatic amines is 1. The fourth-order valence-electron chi connectivity index (χ4n) is 2.45. The zero-order chi connectivity index (χ0) is 19.4. The van der Waals surface area contributed by atoms with Gasteiger partial charge in [0, 0.05) is 6.21 Å². The maximum Gasteiger partial charge on any atom is 0.335 e. The molecule has 2 aromatic carbocycles. The molecule has 0 amide bonds. The number of aromatic hydroxyl groups is 1. The monoisotopic (exact) mass is 385 g/mol. The third-order valence-electron chi connectivity index (χ3n) is 3.70. The Balaban J connectivity index is 2.04. The Hall–Kier alpha value is -3.32. The van der Waals surface area contributed by atoms with Crippen LogP contribution in [0, 0.1) is 0 Å². The molecular weight excluding hydrogens is 370 g/mol. The zero-order valence-corrected chi connectivity index (χ0v) is 15.1. The first-order valence-corrected chi connectivity index (χ1v) is 8.49. The van der Waals surface area contributed by atoms with E-state index in [1.807, 2.05) is 6.92 Å². The molecule has 0 saturated carbocycles. The second-order valence-corrected chi connectivity index (χ2v) is 5.88. The Labute approximate surface area is 159 Å². The number of aromatic nitrogens is 2. The van der Waals surface area contributed by atoms with Crippen molar-refractivity contribution < 1.29 is 9.84 Å². The molecule has 3 aromatic rings. The van der Waals surface area contributed by atoms with Crippen molar-refractivity contribution in [2.75, 3.05) is 6.61 Å². The molecule has 0 atom stereocenters. The molecule has 0 spiro atoms. The first-order chi connectivity index (χ1) is 13.0. The standard InChI is InChI=1S/C19H16ClN3O4/c1-2-27-13-9-7-12(8-10-13)21-11-14-17(24)22-19(26)23(18(14)25)16-6-4-3-5-15(16)20/h3-11,25H,2H2,1H3,(H,22,24,26). The van der Waals surface area contributed by atoms with Crippen LogP contribution in [0.15, 0.2) is 63.1 Å². The van der Waals surface area contributed by atoms with Gasteiger partial charge in [0.05, 0.1) is 23.0 Å². The number of benzene rings is 2. The van der Waals surface area contributed by atoms with E-state index in [2.05, 4.69) is 9.98 Å². The Morgan fingerprint density at radius 1 is 1.19 bits per heavy atom. The van der Waals surface area contributed by atoms with Crippen LogP contribution in [0.2, 0.25) is 5.02 Å². The summed E-state index contributed by atoms with van der Waals surface area (Å²) in [7, 11) is 0. The summed E-state index contributed by atoms with van der Waals surface area (Å²) >= 11 is 6.10. The molecule has 0 saturated heterocycles. The smallest absolute Gasteiger partial charge is 0.335 e. The van der Waals surface area contributed by atoms with Gasteiger partial charge in [-0.3, -0.25) is 14.8 Å². The van der Waals surface area contributed by atoms with Crippen LogP contribution in [-0.4, -0.2) is 27.5 Å². The third kappa shape index (κ3) is 3.93. The Bertz CT molecular complexity index is 1100. The molecule has 0 aliphatic carbocycles. The molecule has 27 heavy (non-hydrogen) atoms. The number of para-hydroxylation sites is 1. The number of halogens is 1. The first kappa shape index (κ1) is 18.5. The van der Waals surface area contributed by atoms with Crippen molar-refractivity contribution >= 4 is 23.5 Å². The normalized spacial score (nSPS) is 11.0. The quantitative estimate of drug-likeness (QED) is 0.660. The highest BCUT2D eigenvalue weighted by molar-refractivity contribution is 6.32.